The maximum Gasteiger partial charge on any atom is 0.419 e. The van der Waals surface area contributed by atoms with Crippen LogP contribution >= 0.6 is 22.9 Å². The number of hydrogen-bond donors (Lipinski definition) is 1. The highest BCUT2D eigenvalue weighted by Crippen LogP contribution is 2.40. The van der Waals surface area contributed by atoms with Crippen molar-refractivity contribution in [2.45, 2.75) is 26.6 Å². The molecular weight excluding hydrogens is 583 g/mol. The van der Waals surface area contributed by atoms with Crippen LogP contribution < -0.4 is 10.3 Å². The van der Waals surface area contributed by atoms with E-state index in [2.05, 4.69) is 15.0 Å². The molecule has 1 aromatic carbocycles. The monoisotopic (exact) mass is 599 g/mol. The summed E-state index contributed by atoms with van der Waals surface area (Å²) in [5.41, 5.74) is -1.30. The zero-order valence-electron chi connectivity index (χ0n) is 21.2. The number of ether oxygens (including phenoxy) is 1. The number of carboxylic acids is 1. The van der Waals surface area contributed by atoms with E-state index in [0.29, 0.717) is 43.9 Å². The molecule has 0 saturated heterocycles. The van der Waals surface area contributed by atoms with E-state index in [1.165, 1.54) is 34.3 Å². The van der Waals surface area contributed by atoms with Crippen LogP contribution in [0.4, 0.5) is 13.2 Å². The summed E-state index contributed by atoms with van der Waals surface area (Å²) in [6.07, 6.45) is -4.84. The van der Waals surface area contributed by atoms with Gasteiger partial charge in [0.2, 0.25) is 0 Å². The van der Waals surface area contributed by atoms with Gasteiger partial charge in [0.15, 0.2) is 11.2 Å². The molecule has 5 aromatic rings. The number of benzene rings is 1. The number of carboxylic acid groups (broad SMARTS) is 1. The van der Waals surface area contributed by atoms with Gasteiger partial charge in [0, 0.05) is 27.2 Å². The molecule has 0 aliphatic carbocycles. The Morgan fingerprint density at radius 3 is 2.59 bits per heavy atom. The molecule has 0 aliphatic rings. The maximum atomic E-state index is 13.3. The second-order valence-corrected chi connectivity index (χ2v) is 10.2. The number of aromatic nitrogens is 4. The number of nitriles is 1. The van der Waals surface area contributed by atoms with Gasteiger partial charge in [-0.25, -0.2) is 14.8 Å². The Morgan fingerprint density at radius 1 is 1.15 bits per heavy atom. The molecule has 0 fully saturated rings. The van der Waals surface area contributed by atoms with Crippen molar-refractivity contribution in [1.29, 1.82) is 5.26 Å². The summed E-state index contributed by atoms with van der Waals surface area (Å²) in [6.45, 7) is 3.12. The van der Waals surface area contributed by atoms with Gasteiger partial charge in [-0.2, -0.15) is 18.4 Å². The summed E-state index contributed by atoms with van der Waals surface area (Å²) in [5.74, 6) is -0.572. The SMILES string of the molecule is Cc1cc(-c2cc(Cl)ccc2OCCn2c(C)nc3cc(C(F)(F)F)c(C#N)nc3c2=O)c2scc(C(=O)O)c2n1. The Labute approximate surface area is 238 Å². The summed E-state index contributed by atoms with van der Waals surface area (Å²) in [4.78, 5) is 37.0. The van der Waals surface area contributed by atoms with Gasteiger partial charge in [0.1, 0.15) is 24.3 Å². The number of carbonyl (C=O) groups is 1. The fraction of sp³-hybridized carbons (Fsp3) is 0.185. The van der Waals surface area contributed by atoms with Crippen LogP contribution in [0.25, 0.3) is 32.4 Å². The fourth-order valence-corrected chi connectivity index (χ4v) is 5.58. The summed E-state index contributed by atoms with van der Waals surface area (Å²) < 4.78 is 47.9. The third kappa shape index (κ3) is 5.19. The summed E-state index contributed by atoms with van der Waals surface area (Å²) in [5, 5.41) is 20.6. The van der Waals surface area contributed by atoms with Crippen LogP contribution in [0, 0.1) is 25.2 Å². The molecule has 5 rings (SSSR count). The van der Waals surface area contributed by atoms with Gasteiger partial charge in [-0.05, 0) is 44.2 Å². The van der Waals surface area contributed by atoms with Gasteiger partial charge in [0.25, 0.3) is 5.56 Å². The lowest BCUT2D eigenvalue weighted by Crippen LogP contribution is -2.28. The highest BCUT2D eigenvalue weighted by molar-refractivity contribution is 7.18. The van der Waals surface area contributed by atoms with E-state index in [4.69, 9.17) is 16.3 Å². The Hall–Kier alpha value is -4.54. The van der Waals surface area contributed by atoms with Crippen molar-refractivity contribution in [2.75, 3.05) is 6.61 Å². The molecule has 0 spiro atoms. The van der Waals surface area contributed by atoms with Crippen LogP contribution in [0.15, 0.2) is 40.5 Å². The van der Waals surface area contributed by atoms with E-state index in [0.717, 1.165) is 0 Å². The lowest BCUT2D eigenvalue weighted by atomic mass is 10.0. The molecule has 41 heavy (non-hydrogen) atoms. The van der Waals surface area contributed by atoms with E-state index >= 15 is 0 Å². The number of rotatable bonds is 6. The third-order valence-electron chi connectivity index (χ3n) is 6.22. The van der Waals surface area contributed by atoms with E-state index in [1.807, 2.05) is 0 Å². The first-order valence-electron chi connectivity index (χ1n) is 11.8. The van der Waals surface area contributed by atoms with Crippen molar-refractivity contribution in [3.05, 3.63) is 79.4 Å². The highest BCUT2D eigenvalue weighted by atomic mass is 35.5. The Bertz CT molecular complexity index is 1980. The normalized spacial score (nSPS) is 11.6. The van der Waals surface area contributed by atoms with Crippen LogP contribution in [-0.4, -0.2) is 37.2 Å². The predicted molar refractivity (Wildman–Crippen MR) is 146 cm³/mol. The van der Waals surface area contributed by atoms with Crippen molar-refractivity contribution in [3.8, 4) is 22.9 Å². The Balaban J connectivity index is 1.50. The number of thiophene rings is 1. The standard InChI is InChI=1S/C27H17ClF3N5O4S/c1-12-7-16(24-22(33-12)17(11-41-24)26(38)39)15-8-14(28)3-4-21(15)40-6-5-36-13(2)34-19-9-18(27(29,30)31)20(10-32)35-23(19)25(36)37/h3-4,7-9,11H,5-6H2,1-2H3,(H,38,39). The molecule has 1 N–H and O–H groups in total. The minimum atomic E-state index is -4.84. The largest absolute Gasteiger partial charge is 0.491 e. The van der Waals surface area contributed by atoms with Crippen LogP contribution in [0.1, 0.15) is 33.1 Å². The summed E-state index contributed by atoms with van der Waals surface area (Å²) in [7, 11) is 0. The molecule has 4 aromatic heterocycles. The zero-order valence-corrected chi connectivity index (χ0v) is 22.8. The van der Waals surface area contributed by atoms with Crippen molar-refractivity contribution < 1.29 is 27.8 Å². The Kier molecular flexibility index (Phi) is 7.14. The minimum absolute atomic E-state index is 0.0345. The molecule has 0 aliphatic heterocycles. The summed E-state index contributed by atoms with van der Waals surface area (Å²) >= 11 is 7.51. The molecule has 208 valence electrons. The van der Waals surface area contributed by atoms with E-state index in [1.54, 1.807) is 31.2 Å². The molecule has 0 amide bonds. The molecule has 0 atom stereocenters. The molecule has 0 radical (unpaired) electrons. The first-order valence-corrected chi connectivity index (χ1v) is 13.1. The molecule has 4 heterocycles. The number of alkyl halides is 3. The zero-order chi connectivity index (χ0) is 29.6. The first-order chi connectivity index (χ1) is 19.4. The first kappa shape index (κ1) is 28.0. The number of aryl methyl sites for hydroxylation is 2. The molecule has 9 nitrogen and oxygen atoms in total. The van der Waals surface area contributed by atoms with Gasteiger partial charge < -0.3 is 9.84 Å². The number of nitrogens with zero attached hydrogens (tertiary/aromatic N) is 5. The van der Waals surface area contributed by atoms with Crippen LogP contribution in [0.3, 0.4) is 0 Å². The van der Waals surface area contributed by atoms with Crippen molar-refractivity contribution in [2.24, 2.45) is 0 Å². The fourth-order valence-electron chi connectivity index (χ4n) is 4.39. The van der Waals surface area contributed by atoms with Crippen LogP contribution in [0.2, 0.25) is 5.02 Å². The molecular formula is C27H17ClF3N5O4S. The smallest absolute Gasteiger partial charge is 0.419 e. The topological polar surface area (TPSA) is 131 Å². The Morgan fingerprint density at radius 2 is 1.90 bits per heavy atom. The maximum absolute atomic E-state index is 13.3. The third-order valence-corrected chi connectivity index (χ3v) is 7.46. The predicted octanol–water partition coefficient (Wildman–Crippen LogP) is 6.01. The minimum Gasteiger partial charge on any atom is -0.491 e. The van der Waals surface area contributed by atoms with Gasteiger partial charge in [-0.15, -0.1) is 11.3 Å². The average molecular weight is 600 g/mol. The second-order valence-electron chi connectivity index (χ2n) is 8.91. The number of pyridine rings is 2. The number of fused-ring (bicyclic) bond motifs is 2. The number of hydrogen-bond acceptors (Lipinski definition) is 8. The van der Waals surface area contributed by atoms with Crippen LogP contribution in [-0.2, 0) is 12.7 Å². The van der Waals surface area contributed by atoms with E-state index in [9.17, 15) is 33.1 Å². The van der Waals surface area contributed by atoms with E-state index < -0.39 is 29.0 Å². The molecule has 0 bridgehead atoms. The van der Waals surface area contributed by atoms with Crippen molar-refractivity contribution in [3.63, 3.8) is 0 Å². The lowest BCUT2D eigenvalue weighted by molar-refractivity contribution is -0.137. The average Bonchev–Trinajstić information content (AvgIpc) is 3.33. The second kappa shape index (κ2) is 10.5. The van der Waals surface area contributed by atoms with E-state index in [-0.39, 0.29) is 35.6 Å². The highest BCUT2D eigenvalue weighted by Gasteiger charge is 2.35. The number of halogens is 4. The lowest BCUT2D eigenvalue weighted by Gasteiger charge is -2.16. The number of aromatic carboxylic acids is 1. The molecule has 0 saturated carbocycles. The molecule has 0 unspecified atom stereocenters. The van der Waals surface area contributed by atoms with Gasteiger partial charge in [-0.1, -0.05) is 11.6 Å². The van der Waals surface area contributed by atoms with Gasteiger partial charge in [-0.3, -0.25) is 14.3 Å². The quantitative estimate of drug-likeness (QED) is 0.251. The summed E-state index contributed by atoms with van der Waals surface area (Å²) in [6, 6.07) is 8.75. The molecule has 14 heteroatoms. The van der Waals surface area contributed by atoms with Gasteiger partial charge >= 0.3 is 12.1 Å². The van der Waals surface area contributed by atoms with Crippen molar-refractivity contribution >= 4 is 50.2 Å². The van der Waals surface area contributed by atoms with Gasteiger partial charge in [0.05, 0.1) is 33.4 Å². The van der Waals surface area contributed by atoms with Crippen LogP contribution in [0.5, 0.6) is 5.75 Å². The van der Waals surface area contributed by atoms with Crippen molar-refractivity contribution in [1.82, 2.24) is 19.5 Å².